The maximum absolute atomic E-state index is 9.73. The Balaban J connectivity index is 1.40. The van der Waals surface area contributed by atoms with Crippen LogP contribution in [0.2, 0.25) is 0 Å². The number of para-hydroxylation sites is 1. The molecule has 0 bridgehead atoms. The lowest BCUT2D eigenvalue weighted by Gasteiger charge is -2.18. The van der Waals surface area contributed by atoms with E-state index < -0.39 is 77.6 Å². The Hall–Kier alpha value is -5.92. The van der Waals surface area contributed by atoms with E-state index in [1.807, 2.05) is 0 Å². The number of hydrogen-bond donors (Lipinski definition) is 0. The molecule has 45 heavy (non-hydrogen) atoms. The molecule has 9 aromatic rings. The molecule has 0 spiro atoms. The molecule has 210 valence electrons. The van der Waals surface area contributed by atoms with Crippen LogP contribution < -0.4 is 0 Å². The third-order valence-corrected chi connectivity index (χ3v) is 7.88. The molecule has 1 nitrogen and oxygen atoms in total. The lowest BCUT2D eigenvalue weighted by molar-refractivity contribution is 0.669. The zero-order valence-corrected chi connectivity index (χ0v) is 23.4. The number of rotatable bonds is 4. The Kier molecular flexibility index (Phi) is 3.39. The van der Waals surface area contributed by atoms with Gasteiger partial charge in [-0.15, -0.1) is 0 Å². The Morgan fingerprint density at radius 1 is 0.333 bits per heavy atom. The van der Waals surface area contributed by atoms with Crippen LogP contribution in [0.1, 0.15) is 20.6 Å². The molecule has 0 aliphatic heterocycles. The summed E-state index contributed by atoms with van der Waals surface area (Å²) < 4.78 is 140. The van der Waals surface area contributed by atoms with Gasteiger partial charge in [0, 0.05) is 10.8 Å². The van der Waals surface area contributed by atoms with Gasteiger partial charge in [0.1, 0.15) is 11.2 Å². The first-order valence-electron chi connectivity index (χ1n) is 21.7. The highest BCUT2D eigenvalue weighted by Gasteiger charge is 2.17. The highest BCUT2D eigenvalue weighted by Crippen LogP contribution is 2.44. The largest absolute Gasteiger partial charge is 0.456 e. The van der Waals surface area contributed by atoms with Gasteiger partial charge in [-0.05, 0) is 90.2 Å². The van der Waals surface area contributed by atoms with Crippen LogP contribution in [0, 0.1) is 0 Å². The quantitative estimate of drug-likeness (QED) is 0.187. The lowest BCUT2D eigenvalue weighted by Crippen LogP contribution is -1.91. The summed E-state index contributed by atoms with van der Waals surface area (Å²) in [6.45, 7) is 0. The van der Waals surface area contributed by atoms with Crippen molar-refractivity contribution in [2.75, 3.05) is 0 Å². The van der Waals surface area contributed by atoms with Crippen LogP contribution in [0.15, 0.2) is 174 Å². The molecule has 0 saturated heterocycles. The maximum Gasteiger partial charge on any atom is 0.135 e. The van der Waals surface area contributed by atoms with Gasteiger partial charge >= 0.3 is 0 Å². The molecule has 0 fully saturated rings. The minimum Gasteiger partial charge on any atom is -0.456 e. The molecular weight excluding hydrogens is 544 g/mol. The third kappa shape index (κ3) is 4.24. The van der Waals surface area contributed by atoms with Crippen LogP contribution in [0.25, 0.3) is 88.0 Å². The smallest absolute Gasteiger partial charge is 0.135 e. The van der Waals surface area contributed by atoms with Crippen LogP contribution >= 0.6 is 0 Å². The summed E-state index contributed by atoms with van der Waals surface area (Å²) in [5.74, 6) is 0. The molecule has 0 aliphatic rings. The van der Waals surface area contributed by atoms with Gasteiger partial charge in [-0.3, -0.25) is 0 Å². The zero-order valence-electron chi connectivity index (χ0n) is 38.4. The highest BCUT2D eigenvalue weighted by atomic mass is 16.3. The molecule has 1 heteroatoms. The van der Waals surface area contributed by atoms with E-state index in [1.54, 1.807) is 78.9 Å². The minimum atomic E-state index is -0.670. The van der Waals surface area contributed by atoms with Crippen molar-refractivity contribution in [3.63, 3.8) is 0 Å². The molecule has 0 radical (unpaired) electrons. The van der Waals surface area contributed by atoms with Gasteiger partial charge in [-0.2, -0.15) is 0 Å². The molecule has 8 aromatic carbocycles. The normalized spacial score (nSPS) is 16.2. The van der Waals surface area contributed by atoms with Crippen LogP contribution in [0.5, 0.6) is 0 Å². The Morgan fingerprint density at radius 3 is 1.58 bits per heavy atom. The van der Waals surface area contributed by atoms with Gasteiger partial charge in [0.2, 0.25) is 0 Å². The van der Waals surface area contributed by atoms with E-state index in [-0.39, 0.29) is 68.4 Å². The van der Waals surface area contributed by atoms with E-state index in [0.717, 1.165) is 0 Å². The lowest BCUT2D eigenvalue weighted by atomic mass is 9.85. The van der Waals surface area contributed by atoms with E-state index in [0.29, 0.717) is 32.7 Å². The number of furan rings is 1. The number of hydrogen-bond acceptors (Lipinski definition) is 1. The van der Waals surface area contributed by atoms with Gasteiger partial charge in [0.25, 0.3) is 0 Å². The van der Waals surface area contributed by atoms with Crippen molar-refractivity contribution in [2.24, 2.45) is 0 Å². The van der Waals surface area contributed by atoms with Crippen LogP contribution in [0.3, 0.4) is 0 Å². The molecule has 0 N–H and O–H groups in total. The van der Waals surface area contributed by atoms with Crippen molar-refractivity contribution in [3.05, 3.63) is 169 Å². The molecular formula is C44H28O. The molecule has 0 saturated carbocycles. The first kappa shape index (κ1) is 14.7. The molecule has 9 rings (SSSR count). The summed E-state index contributed by atoms with van der Waals surface area (Å²) in [4.78, 5) is 0. The Labute approximate surface area is 282 Å². The highest BCUT2D eigenvalue weighted by molar-refractivity contribution is 6.21. The predicted octanol–water partition coefficient (Wildman–Crippen LogP) is 12.6. The third-order valence-electron chi connectivity index (χ3n) is 7.88. The van der Waals surface area contributed by atoms with Crippen molar-refractivity contribution in [2.45, 2.75) is 0 Å². The first-order valence-corrected chi connectivity index (χ1v) is 14.2. The first-order chi connectivity index (χ1) is 28.6. The second kappa shape index (κ2) is 10.4. The maximum atomic E-state index is 9.73. The molecule has 0 unspecified atom stereocenters. The molecule has 0 amide bonds. The molecule has 1 aromatic heterocycles. The Bertz CT molecular complexity index is 3290. The average molecular weight is 588 g/mol. The summed E-state index contributed by atoms with van der Waals surface area (Å²) in [5, 5.41) is 1.26. The van der Waals surface area contributed by atoms with Crippen LogP contribution in [-0.4, -0.2) is 0 Å². The van der Waals surface area contributed by atoms with Gasteiger partial charge in [0.15, 0.2) is 0 Å². The van der Waals surface area contributed by atoms with Crippen molar-refractivity contribution >= 4 is 43.5 Å². The fraction of sp³-hybridized carbons (Fsp3) is 0. The van der Waals surface area contributed by atoms with Gasteiger partial charge in [-0.25, -0.2) is 0 Å². The van der Waals surface area contributed by atoms with Crippen molar-refractivity contribution in [1.82, 2.24) is 0 Å². The van der Waals surface area contributed by atoms with Gasteiger partial charge < -0.3 is 4.42 Å². The van der Waals surface area contributed by atoms with Gasteiger partial charge in [0.05, 0.1) is 20.6 Å². The SMILES string of the molecule is [2H]c1c([2H])c(-c2c([2H])c([2H])c3oc4c([2H])c([2H])c([2H])c([2H])c4c3c2[2H])c([2H])c(-c2c3ccccc3c(-c3c([2H])c([2H])c(-c4ccccc4)c([2H])c3[2H])c3ccccc23)c1[2H]. The van der Waals surface area contributed by atoms with E-state index in [9.17, 15) is 6.85 Å². The fourth-order valence-electron chi connectivity index (χ4n) is 5.88. The summed E-state index contributed by atoms with van der Waals surface area (Å²) in [6.07, 6.45) is 0. The summed E-state index contributed by atoms with van der Waals surface area (Å²) in [5.41, 5.74) is -0.351. The van der Waals surface area contributed by atoms with E-state index >= 15 is 0 Å². The van der Waals surface area contributed by atoms with E-state index in [1.165, 1.54) is 0 Å². The van der Waals surface area contributed by atoms with Crippen LogP contribution in [0.4, 0.5) is 0 Å². The molecule has 0 aliphatic carbocycles. The topological polar surface area (TPSA) is 13.1 Å². The van der Waals surface area contributed by atoms with Crippen molar-refractivity contribution in [1.29, 1.82) is 0 Å². The Morgan fingerprint density at radius 2 is 0.867 bits per heavy atom. The molecule has 0 atom stereocenters. The standard InChI is InChI=1S/C44H28O/c1-2-11-29(12-3-1)30-21-23-31(24-22-30)43-36-16-4-6-18-38(36)44(39-19-7-5-17-37(39)43)34-14-10-13-32(27-34)33-25-26-42-40(28-33)35-15-8-9-20-41(35)45-42/h1-28H/i8D,9D,10D,13D,14D,15D,20D,21D,22D,23D,24D,25D,26D,27D,28D. The monoisotopic (exact) mass is 587 g/mol. The predicted molar refractivity (Wildman–Crippen MR) is 190 cm³/mol. The second-order valence-corrected chi connectivity index (χ2v) is 10.5. The molecule has 1 heterocycles. The van der Waals surface area contributed by atoms with E-state index in [4.69, 9.17) is 18.1 Å². The van der Waals surface area contributed by atoms with Gasteiger partial charge in [-0.1, -0.05) is 145 Å². The number of fused-ring (bicyclic) bond motifs is 5. The second-order valence-electron chi connectivity index (χ2n) is 10.5. The zero-order chi connectivity index (χ0) is 42.8. The minimum absolute atomic E-state index is 0.0310. The van der Waals surface area contributed by atoms with E-state index in [2.05, 4.69) is 0 Å². The summed E-state index contributed by atoms with van der Waals surface area (Å²) in [7, 11) is 0. The summed E-state index contributed by atoms with van der Waals surface area (Å²) >= 11 is 0. The van der Waals surface area contributed by atoms with Crippen molar-refractivity contribution < 1.29 is 25.0 Å². The summed E-state index contributed by atoms with van der Waals surface area (Å²) in [6, 6.07) is 14.9. The fourth-order valence-corrected chi connectivity index (χ4v) is 5.88. The van der Waals surface area contributed by atoms with Crippen molar-refractivity contribution in [3.8, 4) is 44.5 Å². The average Bonchev–Trinajstić information content (AvgIpc) is 3.66. The van der Waals surface area contributed by atoms with Crippen LogP contribution in [-0.2, 0) is 0 Å². The number of benzene rings is 8.